The number of rotatable bonds is 8. The third-order valence-electron chi connectivity index (χ3n) is 5.45. The molecule has 174 valence electrons. The molecule has 0 unspecified atom stereocenters. The van der Waals surface area contributed by atoms with Gasteiger partial charge >= 0.3 is 0 Å². The number of nitrogens with zero attached hydrogens (tertiary/aromatic N) is 4. The maximum Gasteiger partial charge on any atom is 0.233 e. The Morgan fingerprint density at radius 2 is 1.88 bits per heavy atom. The fourth-order valence-corrected chi connectivity index (χ4v) is 4.19. The van der Waals surface area contributed by atoms with Gasteiger partial charge in [0.15, 0.2) is 22.5 Å². The van der Waals surface area contributed by atoms with Crippen LogP contribution in [0.25, 0.3) is 5.69 Å². The first kappa shape index (κ1) is 23.1. The van der Waals surface area contributed by atoms with Crippen LogP contribution in [0.5, 0.6) is 11.5 Å². The molecule has 2 atom stereocenters. The number of hydrogen-bond donors (Lipinski definition) is 1. The SMILES string of the molecule is C[C@@H](Sc1nnc([C@H](C)N(C)C)n1-c1ccc(F)cc1)C(=O)NCc1ccc2c(c1)OCO2. The van der Waals surface area contributed by atoms with Crippen molar-refractivity contribution in [2.75, 3.05) is 20.9 Å². The molecular weight excluding hydrogens is 445 g/mol. The van der Waals surface area contributed by atoms with Gasteiger partial charge in [0.1, 0.15) is 5.82 Å². The average Bonchev–Trinajstić information content (AvgIpc) is 3.44. The Morgan fingerprint density at radius 3 is 2.61 bits per heavy atom. The van der Waals surface area contributed by atoms with E-state index >= 15 is 0 Å². The summed E-state index contributed by atoms with van der Waals surface area (Å²) in [6, 6.07) is 11.7. The molecular formula is C23H26FN5O3S. The molecule has 33 heavy (non-hydrogen) atoms. The van der Waals surface area contributed by atoms with Gasteiger partial charge in [-0.1, -0.05) is 17.8 Å². The molecule has 0 bridgehead atoms. The fraction of sp³-hybridized carbons (Fsp3) is 0.348. The van der Waals surface area contributed by atoms with E-state index in [4.69, 9.17) is 9.47 Å². The molecule has 0 radical (unpaired) electrons. The van der Waals surface area contributed by atoms with Crippen molar-refractivity contribution >= 4 is 17.7 Å². The normalized spacial score (nSPS) is 14.4. The summed E-state index contributed by atoms with van der Waals surface area (Å²) in [5.41, 5.74) is 1.65. The molecule has 0 spiro atoms. The molecule has 10 heteroatoms. The third kappa shape index (κ3) is 5.12. The summed E-state index contributed by atoms with van der Waals surface area (Å²) in [5, 5.41) is 11.8. The van der Waals surface area contributed by atoms with Crippen LogP contribution in [0, 0.1) is 5.82 Å². The number of aromatic nitrogens is 3. The van der Waals surface area contributed by atoms with Gasteiger partial charge < -0.3 is 14.8 Å². The van der Waals surface area contributed by atoms with Crippen LogP contribution in [0.2, 0.25) is 0 Å². The molecule has 1 N–H and O–H groups in total. The molecule has 1 aliphatic heterocycles. The number of carbonyl (C=O) groups is 1. The highest BCUT2D eigenvalue weighted by Crippen LogP contribution is 2.33. The second kappa shape index (κ2) is 9.80. The number of nitrogens with one attached hydrogen (secondary N) is 1. The Hall–Kier alpha value is -3.11. The van der Waals surface area contributed by atoms with E-state index in [2.05, 4.69) is 15.5 Å². The Morgan fingerprint density at radius 1 is 1.15 bits per heavy atom. The van der Waals surface area contributed by atoms with E-state index in [1.165, 1.54) is 23.9 Å². The molecule has 0 fully saturated rings. The number of hydrogen-bond acceptors (Lipinski definition) is 7. The highest BCUT2D eigenvalue weighted by Gasteiger charge is 2.24. The van der Waals surface area contributed by atoms with E-state index < -0.39 is 5.25 Å². The van der Waals surface area contributed by atoms with Crippen molar-refractivity contribution in [2.45, 2.75) is 36.8 Å². The number of ether oxygens (including phenoxy) is 2. The fourth-order valence-electron chi connectivity index (χ4n) is 3.29. The summed E-state index contributed by atoms with van der Waals surface area (Å²) in [7, 11) is 3.90. The quantitative estimate of drug-likeness (QED) is 0.503. The standard InChI is InChI=1S/C23H26FN5O3S/c1-14(28(3)4)21-26-27-23(29(21)18-8-6-17(24)7-9-18)33-15(2)22(30)25-12-16-5-10-19-20(11-16)32-13-31-19/h5-11,14-15H,12-13H2,1-4H3,(H,25,30)/t14-,15+/m0/s1. The molecule has 0 saturated heterocycles. The summed E-state index contributed by atoms with van der Waals surface area (Å²) < 4.78 is 26.1. The average molecular weight is 472 g/mol. The van der Waals surface area contributed by atoms with Gasteiger partial charge in [0.25, 0.3) is 0 Å². The molecule has 1 aromatic heterocycles. The van der Waals surface area contributed by atoms with Gasteiger partial charge in [-0.15, -0.1) is 10.2 Å². The molecule has 0 aliphatic carbocycles. The monoisotopic (exact) mass is 471 g/mol. The molecule has 2 aromatic carbocycles. The van der Waals surface area contributed by atoms with E-state index in [1.807, 2.05) is 55.6 Å². The van der Waals surface area contributed by atoms with Crippen LogP contribution < -0.4 is 14.8 Å². The summed E-state index contributed by atoms with van der Waals surface area (Å²) in [6.45, 7) is 4.41. The van der Waals surface area contributed by atoms with Crippen LogP contribution >= 0.6 is 11.8 Å². The maximum absolute atomic E-state index is 13.5. The van der Waals surface area contributed by atoms with E-state index in [9.17, 15) is 9.18 Å². The summed E-state index contributed by atoms with van der Waals surface area (Å²) in [5.74, 6) is 1.64. The Kier molecular flexibility index (Phi) is 6.85. The first-order chi connectivity index (χ1) is 15.8. The van der Waals surface area contributed by atoms with Gasteiger partial charge in [0.05, 0.1) is 11.3 Å². The predicted octanol–water partition coefficient (Wildman–Crippen LogP) is 3.55. The minimum absolute atomic E-state index is 0.0351. The third-order valence-corrected chi connectivity index (χ3v) is 6.49. The highest BCUT2D eigenvalue weighted by molar-refractivity contribution is 8.00. The minimum atomic E-state index is -0.426. The predicted molar refractivity (Wildman–Crippen MR) is 123 cm³/mol. The van der Waals surface area contributed by atoms with Crippen molar-refractivity contribution in [2.24, 2.45) is 0 Å². The van der Waals surface area contributed by atoms with E-state index in [-0.39, 0.29) is 24.6 Å². The zero-order valence-electron chi connectivity index (χ0n) is 18.9. The van der Waals surface area contributed by atoms with Gasteiger partial charge in [-0.2, -0.15) is 0 Å². The first-order valence-electron chi connectivity index (χ1n) is 10.5. The van der Waals surface area contributed by atoms with Crippen molar-refractivity contribution < 1.29 is 18.7 Å². The Labute approximate surface area is 196 Å². The van der Waals surface area contributed by atoms with E-state index in [1.54, 1.807) is 12.1 Å². The summed E-state index contributed by atoms with van der Waals surface area (Å²) in [6.07, 6.45) is 0. The van der Waals surface area contributed by atoms with Crippen molar-refractivity contribution in [1.82, 2.24) is 25.0 Å². The number of benzene rings is 2. The van der Waals surface area contributed by atoms with Crippen molar-refractivity contribution in [3.8, 4) is 17.2 Å². The smallest absolute Gasteiger partial charge is 0.233 e. The molecule has 0 saturated carbocycles. The van der Waals surface area contributed by atoms with Gasteiger partial charge in [-0.25, -0.2) is 4.39 Å². The van der Waals surface area contributed by atoms with Crippen molar-refractivity contribution in [3.63, 3.8) is 0 Å². The lowest BCUT2D eigenvalue weighted by Gasteiger charge is -2.21. The van der Waals surface area contributed by atoms with Crippen molar-refractivity contribution in [1.29, 1.82) is 0 Å². The minimum Gasteiger partial charge on any atom is -0.454 e. The molecule has 8 nitrogen and oxygen atoms in total. The molecule has 4 rings (SSSR count). The summed E-state index contributed by atoms with van der Waals surface area (Å²) >= 11 is 1.30. The van der Waals surface area contributed by atoms with Gasteiger partial charge in [0.2, 0.25) is 12.7 Å². The van der Waals surface area contributed by atoms with Crippen molar-refractivity contribution in [3.05, 3.63) is 59.7 Å². The molecule has 2 heterocycles. The van der Waals surface area contributed by atoms with Gasteiger partial charge in [-0.3, -0.25) is 14.3 Å². The summed E-state index contributed by atoms with van der Waals surface area (Å²) in [4.78, 5) is 14.8. The number of thioether (sulfide) groups is 1. The van der Waals surface area contributed by atoms with Crippen LogP contribution in [0.3, 0.4) is 0 Å². The van der Waals surface area contributed by atoms with Crippen LogP contribution in [0.15, 0.2) is 47.6 Å². The first-order valence-corrected chi connectivity index (χ1v) is 11.4. The number of carbonyl (C=O) groups excluding carboxylic acids is 1. The van der Waals surface area contributed by atoms with Gasteiger partial charge in [0, 0.05) is 12.2 Å². The number of halogens is 1. The Bertz CT molecular complexity index is 1140. The van der Waals surface area contributed by atoms with Crippen LogP contribution in [-0.2, 0) is 11.3 Å². The van der Waals surface area contributed by atoms with E-state index in [0.29, 0.717) is 29.0 Å². The number of amides is 1. The lowest BCUT2D eigenvalue weighted by Crippen LogP contribution is -2.30. The van der Waals surface area contributed by atoms with Crippen LogP contribution in [0.1, 0.15) is 31.3 Å². The largest absolute Gasteiger partial charge is 0.454 e. The highest BCUT2D eigenvalue weighted by atomic mass is 32.2. The zero-order chi connectivity index (χ0) is 23.5. The maximum atomic E-state index is 13.5. The zero-order valence-corrected chi connectivity index (χ0v) is 19.7. The second-order valence-electron chi connectivity index (χ2n) is 7.96. The molecule has 1 aliphatic rings. The lowest BCUT2D eigenvalue weighted by atomic mass is 10.2. The topological polar surface area (TPSA) is 81.5 Å². The lowest BCUT2D eigenvalue weighted by molar-refractivity contribution is -0.120. The van der Waals surface area contributed by atoms with E-state index in [0.717, 1.165) is 11.3 Å². The number of fused-ring (bicyclic) bond motifs is 1. The van der Waals surface area contributed by atoms with Crippen LogP contribution in [0.4, 0.5) is 4.39 Å². The second-order valence-corrected chi connectivity index (χ2v) is 9.27. The molecule has 3 aromatic rings. The van der Waals surface area contributed by atoms with Crippen LogP contribution in [-0.4, -0.2) is 51.7 Å². The Balaban J connectivity index is 1.49. The molecule has 1 amide bonds. The van der Waals surface area contributed by atoms with Gasteiger partial charge in [-0.05, 0) is 69.9 Å².